The van der Waals surface area contributed by atoms with E-state index in [4.69, 9.17) is 0 Å². The molecule has 0 aliphatic rings. The summed E-state index contributed by atoms with van der Waals surface area (Å²) in [6.07, 6.45) is -19.8. The first-order chi connectivity index (χ1) is 36.2. The van der Waals surface area contributed by atoms with Gasteiger partial charge in [-0.15, -0.1) is 0 Å². The molecular weight excluding hydrogens is 1010 g/mol. The molecule has 0 fully saturated rings. The van der Waals surface area contributed by atoms with Crippen LogP contribution in [0.1, 0.15) is 27.8 Å². The molecule has 0 atom stereocenters. The van der Waals surface area contributed by atoms with Gasteiger partial charge in [-0.2, -0.15) is 57.9 Å². The highest BCUT2D eigenvalue weighted by Crippen LogP contribution is 2.49. The van der Waals surface area contributed by atoms with Crippen LogP contribution < -0.4 is 0 Å². The van der Waals surface area contributed by atoms with Crippen LogP contribution in [-0.2, 0) is 24.7 Å². The van der Waals surface area contributed by atoms with E-state index in [0.29, 0.717) is 43.6 Å². The minimum absolute atomic E-state index is 0.00378. The summed E-state index contributed by atoms with van der Waals surface area (Å²) in [7, 11) is 0. The highest BCUT2D eigenvalue weighted by atomic mass is 19.4. The summed E-state index contributed by atoms with van der Waals surface area (Å²) in [5.74, 6) is 0. The van der Waals surface area contributed by atoms with Crippen molar-refractivity contribution < 1.29 is 52.7 Å². The zero-order valence-electron chi connectivity index (χ0n) is 38.5. The Morgan fingerprint density at radius 2 is 0.513 bits per heavy atom. The third kappa shape index (κ3) is 6.82. The van der Waals surface area contributed by atoms with Crippen molar-refractivity contribution in [2.45, 2.75) is 24.7 Å². The Morgan fingerprint density at radius 1 is 0.276 bits per heavy atom. The second-order valence-corrected chi connectivity index (χ2v) is 18.4. The van der Waals surface area contributed by atoms with E-state index in [9.17, 15) is 57.9 Å². The van der Waals surface area contributed by atoms with Gasteiger partial charge in [0.15, 0.2) is 0 Å². The molecule has 0 saturated heterocycles. The van der Waals surface area contributed by atoms with Gasteiger partial charge in [0.2, 0.25) is 0 Å². The summed E-state index contributed by atoms with van der Waals surface area (Å²) in [6.45, 7) is 0. The van der Waals surface area contributed by atoms with E-state index >= 15 is 0 Å². The van der Waals surface area contributed by atoms with E-state index in [2.05, 4.69) is 6.07 Å². The Balaban J connectivity index is 1.32. The number of fused-ring (bicyclic) bond motifs is 12. The van der Waals surface area contributed by atoms with E-state index < -0.39 is 47.0 Å². The fraction of sp³-hybridized carbons (Fsp3) is 0.0678. The lowest BCUT2D eigenvalue weighted by Gasteiger charge is -2.25. The van der Waals surface area contributed by atoms with Crippen molar-refractivity contribution in [3.8, 4) is 28.8 Å². The summed E-state index contributed by atoms with van der Waals surface area (Å²) in [5, 5.41) is 14.0. The largest absolute Gasteiger partial charge is 0.416 e. The maximum absolute atomic E-state index is 14.7. The number of alkyl halides is 12. The molecule has 13 rings (SSSR count). The summed E-state index contributed by atoms with van der Waals surface area (Å²) in [6, 6.07) is 43.4. The SMILES string of the molecule is N#Cc1c(-n2c3ccccc3c3ccccc32)c(-n2c3ccc(C(F)(F)F)cc3c3cc(C(F)(F)F)ccc32)cc(-n2c3ccc(C(F)(F)F)cc3c3cc(C(F)(F)F)ccc32)c1-n1c2ccccc2c2ccccc21. The second-order valence-electron chi connectivity index (χ2n) is 18.4. The van der Waals surface area contributed by atoms with E-state index in [-0.39, 0.29) is 71.9 Å². The van der Waals surface area contributed by atoms with Gasteiger partial charge >= 0.3 is 24.7 Å². The molecular formula is C59H29F12N5. The Hall–Kier alpha value is -9.17. The Bertz CT molecular complexity index is 4130. The predicted molar refractivity (Wildman–Crippen MR) is 269 cm³/mol. The fourth-order valence-electron chi connectivity index (χ4n) is 11.1. The van der Waals surface area contributed by atoms with Crippen LogP contribution in [0.4, 0.5) is 52.7 Å². The van der Waals surface area contributed by atoms with Crippen molar-refractivity contribution in [2.24, 2.45) is 0 Å². The molecule has 76 heavy (non-hydrogen) atoms. The third-order valence-electron chi connectivity index (χ3n) is 14.3. The van der Waals surface area contributed by atoms with Gasteiger partial charge in [-0.1, -0.05) is 72.8 Å². The smallest absolute Gasteiger partial charge is 0.307 e. The highest BCUT2D eigenvalue weighted by Gasteiger charge is 2.37. The van der Waals surface area contributed by atoms with Crippen LogP contribution in [0, 0.1) is 11.3 Å². The Labute approximate surface area is 419 Å². The summed E-state index contributed by atoms with van der Waals surface area (Å²) in [4.78, 5) is 0. The van der Waals surface area contributed by atoms with Gasteiger partial charge in [-0.3, -0.25) is 0 Å². The molecule has 374 valence electrons. The molecule has 4 aromatic heterocycles. The van der Waals surface area contributed by atoms with Crippen molar-refractivity contribution >= 4 is 87.2 Å². The number of hydrogen-bond donors (Lipinski definition) is 0. The summed E-state index contributed by atoms with van der Waals surface area (Å²) in [5.41, 5.74) is -2.68. The molecule has 0 aliphatic heterocycles. The van der Waals surface area contributed by atoms with Gasteiger partial charge in [0.1, 0.15) is 11.6 Å². The molecule has 17 heteroatoms. The highest BCUT2D eigenvalue weighted by molar-refractivity contribution is 6.15. The number of rotatable bonds is 4. The lowest BCUT2D eigenvalue weighted by atomic mass is 10.0. The standard InChI is InChI=1S/C59H29F12N5/c60-56(61,62)31-17-21-48-39(25-31)40-26-32(57(63,64)65)18-22-49(40)73(48)52-29-53(74-50-23-19-33(58(66,67)68)27-41(50)42-28-34(59(69,70)71)20-24-51(42)74)55(76-46-15-7-3-11-37(46)38-12-4-8-16-47(38)76)43(30-72)54(52)75-44-13-5-1-9-35(44)36-10-2-6-14-45(36)75/h1-29H. The number of para-hydroxylation sites is 4. The second kappa shape index (κ2) is 15.9. The minimum Gasteiger partial charge on any atom is -0.307 e. The van der Waals surface area contributed by atoms with Gasteiger partial charge in [0, 0.05) is 43.1 Å². The van der Waals surface area contributed by atoms with Crippen LogP contribution in [0.5, 0.6) is 0 Å². The van der Waals surface area contributed by atoms with Crippen LogP contribution in [-0.4, -0.2) is 18.3 Å². The quantitative estimate of drug-likeness (QED) is 0.162. The van der Waals surface area contributed by atoms with E-state index in [1.54, 1.807) is 88.0 Å². The number of nitriles is 1. The van der Waals surface area contributed by atoms with Crippen molar-refractivity contribution in [1.29, 1.82) is 5.26 Å². The van der Waals surface area contributed by atoms with Crippen molar-refractivity contribution in [3.63, 3.8) is 0 Å². The van der Waals surface area contributed by atoms with Crippen LogP contribution >= 0.6 is 0 Å². The maximum Gasteiger partial charge on any atom is 0.416 e. The molecule has 0 N–H and O–H groups in total. The average molecular weight is 1040 g/mol. The number of halogens is 12. The molecule has 0 radical (unpaired) electrons. The monoisotopic (exact) mass is 1040 g/mol. The molecule has 5 nitrogen and oxygen atoms in total. The van der Waals surface area contributed by atoms with E-state index in [0.717, 1.165) is 72.8 Å². The molecule has 13 aromatic rings. The summed E-state index contributed by atoms with van der Waals surface area (Å²) >= 11 is 0. The molecule has 4 heterocycles. The van der Waals surface area contributed by atoms with Gasteiger partial charge < -0.3 is 18.3 Å². The zero-order valence-corrected chi connectivity index (χ0v) is 38.5. The molecule has 0 unspecified atom stereocenters. The fourth-order valence-corrected chi connectivity index (χ4v) is 11.1. The maximum atomic E-state index is 14.7. The molecule has 0 saturated carbocycles. The van der Waals surface area contributed by atoms with Crippen LogP contribution in [0.3, 0.4) is 0 Å². The molecule has 0 bridgehead atoms. The first-order valence-electron chi connectivity index (χ1n) is 23.3. The van der Waals surface area contributed by atoms with E-state index in [1.807, 2.05) is 24.3 Å². The van der Waals surface area contributed by atoms with Gasteiger partial charge in [0.25, 0.3) is 0 Å². The third-order valence-corrected chi connectivity index (χ3v) is 14.3. The summed E-state index contributed by atoms with van der Waals surface area (Å²) < 4.78 is 182. The first-order valence-corrected chi connectivity index (χ1v) is 23.3. The number of hydrogen-bond acceptors (Lipinski definition) is 1. The molecule has 0 aliphatic carbocycles. The Kier molecular flexibility index (Phi) is 9.76. The number of nitrogens with zero attached hydrogens (tertiary/aromatic N) is 5. The van der Waals surface area contributed by atoms with Gasteiger partial charge in [-0.05, 0) is 103 Å². The lowest BCUT2D eigenvalue weighted by molar-refractivity contribution is -0.138. The van der Waals surface area contributed by atoms with Gasteiger partial charge in [0.05, 0.1) is 89.1 Å². The zero-order chi connectivity index (χ0) is 53.0. The van der Waals surface area contributed by atoms with Crippen molar-refractivity contribution in [2.75, 3.05) is 0 Å². The molecule has 0 spiro atoms. The van der Waals surface area contributed by atoms with Crippen LogP contribution in [0.2, 0.25) is 0 Å². The predicted octanol–water partition coefficient (Wildman–Crippen LogP) is 18.0. The normalized spacial score (nSPS) is 13.0. The van der Waals surface area contributed by atoms with Crippen molar-refractivity contribution in [1.82, 2.24) is 18.3 Å². The van der Waals surface area contributed by atoms with Gasteiger partial charge in [-0.25, -0.2) is 0 Å². The number of benzene rings is 9. The molecule has 9 aromatic carbocycles. The topological polar surface area (TPSA) is 43.5 Å². The van der Waals surface area contributed by atoms with Crippen LogP contribution in [0.25, 0.3) is 110 Å². The first kappa shape index (κ1) is 46.6. The minimum atomic E-state index is -4.95. The lowest BCUT2D eigenvalue weighted by Crippen LogP contribution is -2.14. The van der Waals surface area contributed by atoms with Crippen LogP contribution in [0.15, 0.2) is 176 Å². The van der Waals surface area contributed by atoms with E-state index in [1.165, 1.54) is 9.13 Å². The number of aromatic nitrogens is 4. The average Bonchev–Trinajstić information content (AvgIpc) is 4.20. The molecule has 0 amide bonds. The van der Waals surface area contributed by atoms with Crippen molar-refractivity contribution in [3.05, 3.63) is 204 Å². The Morgan fingerprint density at radius 3 is 0.750 bits per heavy atom.